The molecule has 1 spiro atoms. The van der Waals surface area contributed by atoms with Crippen molar-refractivity contribution < 1.29 is 9.53 Å². The fourth-order valence-corrected chi connectivity index (χ4v) is 4.99. The molecule has 134 valence electrons. The van der Waals surface area contributed by atoms with Gasteiger partial charge in [-0.3, -0.25) is 4.79 Å². The van der Waals surface area contributed by atoms with Gasteiger partial charge < -0.3 is 14.5 Å². The van der Waals surface area contributed by atoms with Crippen LogP contribution in [0.4, 0.5) is 5.82 Å². The normalized spacial score (nSPS) is 24.0. The second kappa shape index (κ2) is 6.53. The Morgan fingerprint density at radius 1 is 1.32 bits per heavy atom. The maximum Gasteiger partial charge on any atom is 0.230 e. The van der Waals surface area contributed by atoms with Crippen LogP contribution in [0.5, 0.6) is 0 Å². The third kappa shape index (κ3) is 2.89. The number of likely N-dealkylation sites (tertiary alicyclic amines) is 1. The summed E-state index contributed by atoms with van der Waals surface area (Å²) in [6.45, 7) is 5.73. The first-order valence-electron chi connectivity index (χ1n) is 8.88. The van der Waals surface area contributed by atoms with Crippen molar-refractivity contribution in [2.75, 3.05) is 44.8 Å². The van der Waals surface area contributed by atoms with Gasteiger partial charge in [0, 0.05) is 33.3 Å². The molecule has 0 N–H and O–H groups in total. The number of aromatic nitrogens is 2. The van der Waals surface area contributed by atoms with Crippen LogP contribution >= 0.6 is 11.3 Å². The Balaban J connectivity index is 1.59. The number of aryl methyl sites for hydroxylation is 1. The number of amides is 1. The van der Waals surface area contributed by atoms with E-state index in [1.807, 2.05) is 11.8 Å². The lowest BCUT2D eigenvalue weighted by molar-refractivity contribution is -0.145. The summed E-state index contributed by atoms with van der Waals surface area (Å²) >= 11 is 1.64. The van der Waals surface area contributed by atoms with E-state index in [4.69, 9.17) is 9.72 Å². The van der Waals surface area contributed by atoms with Gasteiger partial charge in [-0.25, -0.2) is 9.97 Å². The number of anilines is 1. The molecule has 2 saturated heterocycles. The van der Waals surface area contributed by atoms with Crippen molar-refractivity contribution in [1.82, 2.24) is 14.9 Å². The molecule has 0 unspecified atom stereocenters. The van der Waals surface area contributed by atoms with Gasteiger partial charge in [0.1, 0.15) is 16.5 Å². The van der Waals surface area contributed by atoms with Gasteiger partial charge in [-0.1, -0.05) is 0 Å². The number of rotatable bonds is 4. The molecule has 0 bridgehead atoms. The molecule has 4 heterocycles. The Morgan fingerprint density at radius 2 is 2.20 bits per heavy atom. The molecule has 4 rings (SSSR count). The number of carbonyl (C=O) groups excluding carboxylic acids is 1. The number of hydrogen-bond acceptors (Lipinski definition) is 6. The molecular formula is C18H24N4O2S. The van der Waals surface area contributed by atoms with Gasteiger partial charge in [-0.05, 0) is 37.6 Å². The van der Waals surface area contributed by atoms with Gasteiger partial charge in [0.25, 0.3) is 0 Å². The number of thiophene rings is 1. The minimum absolute atomic E-state index is 0.257. The molecule has 0 saturated carbocycles. The molecule has 2 aliphatic rings. The van der Waals surface area contributed by atoms with Crippen LogP contribution < -0.4 is 4.90 Å². The van der Waals surface area contributed by atoms with Gasteiger partial charge in [0.2, 0.25) is 5.91 Å². The minimum atomic E-state index is -0.257. The highest BCUT2D eigenvalue weighted by Crippen LogP contribution is 2.42. The van der Waals surface area contributed by atoms with Gasteiger partial charge in [0.15, 0.2) is 0 Å². The summed E-state index contributed by atoms with van der Waals surface area (Å²) in [6.07, 6.45) is 2.95. The Labute approximate surface area is 151 Å². The van der Waals surface area contributed by atoms with Crippen molar-refractivity contribution in [1.29, 1.82) is 0 Å². The Kier molecular flexibility index (Phi) is 4.37. The quantitative estimate of drug-likeness (QED) is 0.838. The monoisotopic (exact) mass is 360 g/mol. The summed E-state index contributed by atoms with van der Waals surface area (Å²) in [5.41, 5.74) is -0.257. The second-order valence-corrected chi connectivity index (χ2v) is 7.97. The molecule has 2 fully saturated rings. The molecule has 0 aromatic carbocycles. The maximum absolute atomic E-state index is 13.1. The van der Waals surface area contributed by atoms with E-state index in [0.717, 1.165) is 60.8 Å². The van der Waals surface area contributed by atoms with Crippen LogP contribution in [0.3, 0.4) is 0 Å². The van der Waals surface area contributed by atoms with Crippen molar-refractivity contribution in [3.05, 3.63) is 17.3 Å². The van der Waals surface area contributed by atoms with Gasteiger partial charge >= 0.3 is 0 Å². The predicted molar refractivity (Wildman–Crippen MR) is 99.1 cm³/mol. The average Bonchev–Trinajstić information content (AvgIpc) is 3.23. The van der Waals surface area contributed by atoms with E-state index in [0.29, 0.717) is 19.1 Å². The van der Waals surface area contributed by atoms with Crippen LogP contribution in [0, 0.1) is 12.3 Å². The zero-order valence-electron chi connectivity index (χ0n) is 14.8. The number of fused-ring (bicyclic) bond motifs is 1. The standard InChI is InChI=1S/C18H24N4O2S/c1-13-19-15(14-4-11-25-16(14)20-13)22-8-6-18(12-22)5-3-7-21(17(18)23)9-10-24-2/h4,11H,3,5-10,12H2,1-2H3/t18-/m0/s1. The van der Waals surface area contributed by atoms with E-state index in [2.05, 4.69) is 21.3 Å². The zero-order chi connectivity index (χ0) is 17.4. The number of ether oxygens (including phenoxy) is 1. The van der Waals surface area contributed by atoms with Crippen LogP contribution in [0.15, 0.2) is 11.4 Å². The third-order valence-electron chi connectivity index (χ3n) is 5.46. The molecule has 2 aliphatic heterocycles. The summed E-state index contributed by atoms with van der Waals surface area (Å²) in [5, 5.41) is 3.17. The van der Waals surface area contributed by atoms with Crippen LogP contribution in [0.25, 0.3) is 10.2 Å². The largest absolute Gasteiger partial charge is 0.383 e. The van der Waals surface area contributed by atoms with Crippen LogP contribution in [-0.4, -0.2) is 60.7 Å². The molecular weight excluding hydrogens is 336 g/mol. The average molecular weight is 360 g/mol. The zero-order valence-corrected chi connectivity index (χ0v) is 15.6. The van der Waals surface area contributed by atoms with E-state index in [1.165, 1.54) is 0 Å². The number of methoxy groups -OCH3 is 1. The Bertz CT molecular complexity index is 792. The molecule has 0 aliphatic carbocycles. The summed E-state index contributed by atoms with van der Waals surface area (Å²) in [4.78, 5) is 27.7. The predicted octanol–water partition coefficient (Wildman–Crippen LogP) is 2.47. The number of carbonyl (C=O) groups is 1. The Hall–Kier alpha value is -1.73. The molecule has 6 nitrogen and oxygen atoms in total. The van der Waals surface area contributed by atoms with Gasteiger partial charge in [-0.15, -0.1) is 11.3 Å². The minimum Gasteiger partial charge on any atom is -0.383 e. The summed E-state index contributed by atoms with van der Waals surface area (Å²) in [6, 6.07) is 2.09. The van der Waals surface area contributed by atoms with Crippen molar-refractivity contribution in [2.24, 2.45) is 5.41 Å². The number of nitrogens with zero attached hydrogens (tertiary/aromatic N) is 4. The topological polar surface area (TPSA) is 58.6 Å². The van der Waals surface area contributed by atoms with Gasteiger partial charge in [0.05, 0.1) is 17.4 Å². The molecule has 1 amide bonds. The summed E-state index contributed by atoms with van der Waals surface area (Å²) in [7, 11) is 1.69. The van der Waals surface area contributed by atoms with E-state index >= 15 is 0 Å². The highest BCUT2D eigenvalue weighted by Gasteiger charge is 2.48. The molecule has 0 radical (unpaired) electrons. The van der Waals surface area contributed by atoms with Crippen LogP contribution in [0.1, 0.15) is 25.1 Å². The van der Waals surface area contributed by atoms with Crippen molar-refractivity contribution in [3.63, 3.8) is 0 Å². The molecule has 1 atom stereocenters. The van der Waals surface area contributed by atoms with E-state index < -0.39 is 0 Å². The lowest BCUT2D eigenvalue weighted by Crippen LogP contribution is -2.51. The first-order chi connectivity index (χ1) is 12.1. The smallest absolute Gasteiger partial charge is 0.230 e. The lowest BCUT2D eigenvalue weighted by Gasteiger charge is -2.39. The molecule has 2 aromatic rings. The molecule has 7 heteroatoms. The second-order valence-electron chi connectivity index (χ2n) is 7.07. The fraction of sp³-hybridized carbons (Fsp3) is 0.611. The summed E-state index contributed by atoms with van der Waals surface area (Å²) < 4.78 is 5.17. The fourth-order valence-electron chi connectivity index (χ4n) is 4.18. The highest BCUT2D eigenvalue weighted by molar-refractivity contribution is 7.16. The SMILES string of the molecule is COCCN1CCC[C@@]2(CCN(c3nc(C)nc4sccc34)C2)C1=O. The van der Waals surface area contributed by atoms with E-state index in [-0.39, 0.29) is 5.41 Å². The third-order valence-corrected chi connectivity index (χ3v) is 6.27. The number of hydrogen-bond donors (Lipinski definition) is 0. The van der Waals surface area contributed by atoms with Gasteiger partial charge in [-0.2, -0.15) is 0 Å². The van der Waals surface area contributed by atoms with E-state index in [1.54, 1.807) is 18.4 Å². The first kappa shape index (κ1) is 16.7. The summed E-state index contributed by atoms with van der Waals surface area (Å²) in [5.74, 6) is 2.08. The van der Waals surface area contributed by atoms with Crippen molar-refractivity contribution in [2.45, 2.75) is 26.2 Å². The maximum atomic E-state index is 13.1. The first-order valence-corrected chi connectivity index (χ1v) is 9.76. The van der Waals surface area contributed by atoms with Crippen molar-refractivity contribution in [3.8, 4) is 0 Å². The highest BCUT2D eigenvalue weighted by atomic mass is 32.1. The molecule has 25 heavy (non-hydrogen) atoms. The van der Waals surface area contributed by atoms with Crippen molar-refractivity contribution >= 4 is 33.3 Å². The Morgan fingerprint density at radius 3 is 3.04 bits per heavy atom. The van der Waals surface area contributed by atoms with E-state index in [9.17, 15) is 4.79 Å². The molecule has 2 aromatic heterocycles. The lowest BCUT2D eigenvalue weighted by atomic mass is 9.78. The van der Waals surface area contributed by atoms with Crippen LogP contribution in [0.2, 0.25) is 0 Å². The number of piperidine rings is 1. The van der Waals surface area contributed by atoms with Crippen LogP contribution in [-0.2, 0) is 9.53 Å².